The molecular formula is C40H62Cl2N4Ni. The summed E-state index contributed by atoms with van der Waals surface area (Å²) in [6, 6.07) is 16.0. The number of nitrogens with one attached hydrogen (secondary N) is 2. The van der Waals surface area contributed by atoms with Gasteiger partial charge in [-0.15, -0.1) is 0 Å². The van der Waals surface area contributed by atoms with E-state index < -0.39 is 0 Å². The van der Waals surface area contributed by atoms with E-state index in [0.717, 1.165) is 38.4 Å². The van der Waals surface area contributed by atoms with Gasteiger partial charge in [0.25, 0.3) is 0 Å². The zero-order valence-electron chi connectivity index (χ0n) is 31.1. The van der Waals surface area contributed by atoms with Gasteiger partial charge in [0.1, 0.15) is 0 Å². The van der Waals surface area contributed by atoms with Gasteiger partial charge in [-0.05, 0) is 81.0 Å². The Bertz CT molecular complexity index is 1180. The Hall–Kier alpha value is -1.78. The van der Waals surface area contributed by atoms with Gasteiger partial charge in [-0.25, -0.2) is 0 Å². The van der Waals surface area contributed by atoms with Crippen LogP contribution in [0.15, 0.2) is 48.7 Å². The van der Waals surface area contributed by atoms with Crippen LogP contribution in [0.5, 0.6) is 0 Å². The summed E-state index contributed by atoms with van der Waals surface area (Å²) < 4.78 is 0. The molecule has 3 aromatic rings. The van der Waals surface area contributed by atoms with Crippen LogP contribution in [0.25, 0.3) is 0 Å². The summed E-state index contributed by atoms with van der Waals surface area (Å²) in [5.74, 6) is 2.92. The molecule has 0 saturated heterocycles. The number of nitrogens with zero attached hydrogens (tertiary/aromatic N) is 2. The molecule has 0 aliphatic carbocycles. The number of pyridine rings is 1. The Labute approximate surface area is 310 Å². The van der Waals surface area contributed by atoms with Crippen molar-refractivity contribution in [1.82, 2.24) is 9.88 Å². The Morgan fingerprint density at radius 1 is 0.553 bits per heavy atom. The fraction of sp³-hybridized carbons (Fsp3) is 0.575. The van der Waals surface area contributed by atoms with Crippen LogP contribution in [-0.2, 0) is 23.0 Å². The predicted molar refractivity (Wildman–Crippen MR) is 194 cm³/mol. The summed E-state index contributed by atoms with van der Waals surface area (Å²) in [4.78, 5) is 7.21. The van der Waals surface area contributed by atoms with Gasteiger partial charge in [0.15, 0.2) is 0 Å². The van der Waals surface area contributed by atoms with Crippen molar-refractivity contribution < 1.29 is 41.3 Å². The molecule has 47 heavy (non-hydrogen) atoms. The normalized spacial score (nSPS) is 11.4. The van der Waals surface area contributed by atoms with Gasteiger partial charge in [0, 0.05) is 50.3 Å². The van der Waals surface area contributed by atoms with Crippen LogP contribution in [0.3, 0.4) is 0 Å². The zero-order chi connectivity index (χ0) is 32.6. The van der Waals surface area contributed by atoms with Crippen LogP contribution in [-0.4, -0.2) is 36.1 Å². The summed E-state index contributed by atoms with van der Waals surface area (Å²) in [5, 5.41) is 7.83. The van der Waals surface area contributed by atoms with E-state index in [1.807, 2.05) is 12.3 Å². The number of anilines is 2. The molecule has 2 aromatic carbocycles. The van der Waals surface area contributed by atoms with E-state index >= 15 is 0 Å². The molecule has 0 unspecified atom stereocenters. The molecule has 4 nitrogen and oxygen atoms in total. The molecule has 0 aliphatic rings. The fourth-order valence-electron chi connectivity index (χ4n) is 5.99. The molecule has 1 aromatic heterocycles. The van der Waals surface area contributed by atoms with E-state index in [9.17, 15) is 0 Å². The molecule has 0 fully saturated rings. The fourth-order valence-corrected chi connectivity index (χ4v) is 5.99. The molecule has 266 valence electrons. The van der Waals surface area contributed by atoms with Crippen molar-refractivity contribution in [3.8, 4) is 0 Å². The smallest absolute Gasteiger partial charge is 1.00 e. The Morgan fingerprint density at radius 2 is 0.915 bits per heavy atom. The average molecular weight is 729 g/mol. The van der Waals surface area contributed by atoms with Crippen molar-refractivity contribution in [2.75, 3.05) is 36.8 Å². The third-order valence-electron chi connectivity index (χ3n) is 8.84. The van der Waals surface area contributed by atoms with Crippen LogP contribution >= 0.6 is 0 Å². The van der Waals surface area contributed by atoms with Gasteiger partial charge < -0.3 is 35.4 Å². The van der Waals surface area contributed by atoms with Crippen LogP contribution in [0, 0.1) is 0 Å². The van der Waals surface area contributed by atoms with Crippen molar-refractivity contribution in [1.29, 1.82) is 0 Å². The molecule has 3 rings (SSSR count). The van der Waals surface area contributed by atoms with Crippen molar-refractivity contribution in [2.24, 2.45) is 0 Å². The van der Waals surface area contributed by atoms with Crippen molar-refractivity contribution >= 4 is 11.4 Å². The molecular weight excluding hydrogens is 666 g/mol. The SMILES string of the molecule is CC(C)c1cc(C(C)C)c(NCCN(CCNc2c(C(C)C)cc(C(C)C)cc2C(C)C)Cc2ccccn2)c(C(C)C)c1.[Cl-].[Cl-].[Ni+2]. The van der Waals surface area contributed by atoms with Gasteiger partial charge in [-0.3, -0.25) is 9.88 Å². The Morgan fingerprint density at radius 3 is 1.19 bits per heavy atom. The van der Waals surface area contributed by atoms with Crippen molar-refractivity contribution in [2.45, 2.75) is 125 Å². The number of benzene rings is 2. The predicted octanol–water partition coefficient (Wildman–Crippen LogP) is 4.85. The third kappa shape index (κ3) is 12.9. The summed E-state index contributed by atoms with van der Waals surface area (Å²) >= 11 is 0. The van der Waals surface area contributed by atoms with Gasteiger partial charge in [0.2, 0.25) is 0 Å². The van der Waals surface area contributed by atoms with Gasteiger partial charge in [-0.1, -0.05) is 113 Å². The largest absolute Gasteiger partial charge is 2.00 e. The van der Waals surface area contributed by atoms with Gasteiger partial charge in [-0.2, -0.15) is 0 Å². The van der Waals surface area contributed by atoms with E-state index in [-0.39, 0.29) is 41.3 Å². The standard InChI is InChI=1S/C40H62N4.2ClH.Ni/c1-26(2)32-21-35(28(5)6)39(36(22-32)29(7)8)42-17-19-44(25-34-15-13-14-16-41-34)20-18-43-40-37(30(9)10)23-33(27(3)4)24-38(40)31(11)12;;;/h13-16,21-24,26-31,42-43H,17-20,25H2,1-12H3;2*1H;/q;;;+2/p-2. The number of aromatic nitrogens is 1. The van der Waals surface area contributed by atoms with Crippen molar-refractivity contribution in [3.05, 3.63) is 87.7 Å². The van der Waals surface area contributed by atoms with E-state index in [4.69, 9.17) is 0 Å². The number of halogens is 2. The second-order valence-corrected chi connectivity index (χ2v) is 14.5. The molecule has 1 heterocycles. The molecule has 0 aliphatic heterocycles. The minimum absolute atomic E-state index is 0. The quantitative estimate of drug-likeness (QED) is 0.207. The monoisotopic (exact) mass is 726 g/mol. The summed E-state index contributed by atoms with van der Waals surface area (Å²) in [7, 11) is 0. The first kappa shape index (κ1) is 45.2. The molecule has 0 atom stereocenters. The van der Waals surface area contributed by atoms with Gasteiger partial charge >= 0.3 is 16.5 Å². The zero-order valence-corrected chi connectivity index (χ0v) is 33.6. The first-order chi connectivity index (χ1) is 20.8. The maximum atomic E-state index is 4.67. The van der Waals surface area contributed by atoms with Gasteiger partial charge in [0.05, 0.1) is 5.69 Å². The molecule has 0 spiro atoms. The first-order valence-corrected chi connectivity index (χ1v) is 17.2. The summed E-state index contributed by atoms with van der Waals surface area (Å²) in [5.41, 5.74) is 12.4. The Balaban J connectivity index is 0.00000705. The molecule has 0 amide bonds. The topological polar surface area (TPSA) is 40.2 Å². The molecule has 0 bridgehead atoms. The van der Waals surface area contributed by atoms with E-state index in [1.54, 1.807) is 0 Å². The Kier molecular flexibility index (Phi) is 20.5. The van der Waals surface area contributed by atoms with Crippen LogP contribution in [0.4, 0.5) is 11.4 Å². The van der Waals surface area contributed by atoms with E-state index in [1.165, 1.54) is 44.8 Å². The second-order valence-electron chi connectivity index (χ2n) is 14.5. The molecule has 0 saturated carbocycles. The van der Waals surface area contributed by atoms with Crippen LogP contribution < -0.4 is 35.4 Å². The molecule has 0 radical (unpaired) electrons. The minimum atomic E-state index is 0. The van der Waals surface area contributed by atoms with Crippen LogP contribution in [0.1, 0.15) is 158 Å². The number of hydrogen-bond acceptors (Lipinski definition) is 4. The maximum Gasteiger partial charge on any atom is 2.00 e. The van der Waals surface area contributed by atoms with E-state index in [0.29, 0.717) is 35.5 Å². The number of hydrogen-bond donors (Lipinski definition) is 2. The van der Waals surface area contributed by atoms with Crippen molar-refractivity contribution in [3.63, 3.8) is 0 Å². The number of rotatable bonds is 16. The summed E-state index contributed by atoms with van der Waals surface area (Å²) in [6.45, 7) is 32.3. The van der Waals surface area contributed by atoms with Crippen LogP contribution in [0.2, 0.25) is 0 Å². The first-order valence-electron chi connectivity index (χ1n) is 17.2. The minimum Gasteiger partial charge on any atom is -1.00 e. The molecule has 2 N–H and O–H groups in total. The molecule has 7 heteroatoms. The second kappa shape index (κ2) is 21.3. The third-order valence-corrected chi connectivity index (χ3v) is 8.84. The maximum absolute atomic E-state index is 4.67. The summed E-state index contributed by atoms with van der Waals surface area (Å²) in [6.07, 6.45) is 1.91. The van der Waals surface area contributed by atoms with E-state index in [2.05, 4.69) is 140 Å². The average Bonchev–Trinajstić information content (AvgIpc) is 2.96.